The van der Waals surface area contributed by atoms with Crippen molar-refractivity contribution in [2.45, 2.75) is 12.8 Å². The van der Waals surface area contributed by atoms with Crippen LogP contribution in [0.15, 0.2) is 30.3 Å². The van der Waals surface area contributed by atoms with E-state index < -0.39 is 10.0 Å². The third kappa shape index (κ3) is 6.29. The molecule has 0 unspecified atom stereocenters. The van der Waals surface area contributed by atoms with Gasteiger partial charge in [0.2, 0.25) is 15.9 Å². The van der Waals surface area contributed by atoms with E-state index in [-0.39, 0.29) is 5.91 Å². The van der Waals surface area contributed by atoms with E-state index in [0.717, 1.165) is 12.8 Å². The minimum atomic E-state index is -3.12. The number of sulfonamides is 1. The van der Waals surface area contributed by atoms with Crippen LogP contribution in [0.1, 0.15) is 12.0 Å². The monoisotopic (exact) mass is 339 g/mol. The summed E-state index contributed by atoms with van der Waals surface area (Å²) in [6.45, 7) is 3.12. The van der Waals surface area contributed by atoms with E-state index in [2.05, 4.69) is 17.4 Å². The molecule has 6 nitrogen and oxygen atoms in total. The molecule has 1 fully saturated rings. The third-order valence-corrected chi connectivity index (χ3v) is 5.28. The standard InChI is InChI=1S/C16H25N3O3S/c1-23(21,22)19-12-10-18(11-13-19)14-16(20)17-9-5-8-15-6-3-2-4-7-15/h2-4,6-7H,5,8-14H2,1H3,(H,17,20). The van der Waals surface area contributed by atoms with E-state index in [1.165, 1.54) is 16.1 Å². The summed E-state index contributed by atoms with van der Waals surface area (Å²) >= 11 is 0. The highest BCUT2D eigenvalue weighted by atomic mass is 32.2. The molecular formula is C16H25N3O3S. The van der Waals surface area contributed by atoms with Crippen molar-refractivity contribution < 1.29 is 13.2 Å². The molecule has 1 amide bonds. The molecule has 0 atom stereocenters. The molecule has 1 saturated heterocycles. The minimum Gasteiger partial charge on any atom is -0.355 e. The normalized spacial score (nSPS) is 17.1. The lowest BCUT2D eigenvalue weighted by molar-refractivity contribution is -0.122. The Hall–Kier alpha value is -1.44. The molecule has 1 N–H and O–H groups in total. The Kier molecular flexibility index (Phi) is 6.56. The smallest absolute Gasteiger partial charge is 0.234 e. The fourth-order valence-corrected chi connectivity index (χ4v) is 3.47. The Morgan fingerprint density at radius 3 is 2.39 bits per heavy atom. The van der Waals surface area contributed by atoms with Crippen LogP contribution in [0, 0.1) is 0 Å². The molecule has 1 aromatic rings. The van der Waals surface area contributed by atoms with Gasteiger partial charge in [0.05, 0.1) is 12.8 Å². The second kappa shape index (κ2) is 8.42. The zero-order valence-corrected chi connectivity index (χ0v) is 14.4. The largest absolute Gasteiger partial charge is 0.355 e. The van der Waals surface area contributed by atoms with Crippen molar-refractivity contribution in [3.8, 4) is 0 Å². The highest BCUT2D eigenvalue weighted by Gasteiger charge is 2.24. The number of benzene rings is 1. The average Bonchev–Trinajstić information content (AvgIpc) is 2.52. The van der Waals surface area contributed by atoms with Crippen LogP contribution in [-0.4, -0.2) is 69.1 Å². The van der Waals surface area contributed by atoms with Gasteiger partial charge in [-0.2, -0.15) is 4.31 Å². The SMILES string of the molecule is CS(=O)(=O)N1CCN(CC(=O)NCCCc2ccccc2)CC1. The molecule has 23 heavy (non-hydrogen) atoms. The molecule has 1 aliphatic heterocycles. The molecule has 1 heterocycles. The van der Waals surface area contributed by atoms with Gasteiger partial charge in [0.1, 0.15) is 0 Å². The first-order chi connectivity index (χ1) is 10.9. The Morgan fingerprint density at radius 1 is 1.13 bits per heavy atom. The predicted octanol–water partition coefficient (Wildman–Crippen LogP) is 0.313. The first kappa shape index (κ1) is 17.9. The topological polar surface area (TPSA) is 69.7 Å². The highest BCUT2D eigenvalue weighted by molar-refractivity contribution is 7.88. The number of nitrogens with zero attached hydrogens (tertiary/aromatic N) is 2. The number of aryl methyl sites for hydroxylation is 1. The van der Waals surface area contributed by atoms with Crippen molar-refractivity contribution in [3.63, 3.8) is 0 Å². The molecule has 2 rings (SSSR count). The second-order valence-electron chi connectivity index (χ2n) is 5.88. The average molecular weight is 339 g/mol. The summed E-state index contributed by atoms with van der Waals surface area (Å²) in [5.41, 5.74) is 1.28. The molecule has 1 aliphatic rings. The van der Waals surface area contributed by atoms with Crippen LogP contribution in [0.5, 0.6) is 0 Å². The van der Waals surface area contributed by atoms with E-state index in [0.29, 0.717) is 39.3 Å². The zero-order chi connectivity index (χ0) is 16.7. The summed E-state index contributed by atoms with van der Waals surface area (Å²) in [6.07, 6.45) is 3.09. The molecule has 7 heteroatoms. The summed E-state index contributed by atoms with van der Waals surface area (Å²) < 4.78 is 24.3. The van der Waals surface area contributed by atoms with E-state index in [4.69, 9.17) is 0 Å². The summed E-state index contributed by atoms with van der Waals surface area (Å²) in [7, 11) is -3.12. The van der Waals surface area contributed by atoms with Gasteiger partial charge in [-0.3, -0.25) is 9.69 Å². The van der Waals surface area contributed by atoms with Gasteiger partial charge in [-0.25, -0.2) is 8.42 Å². The number of amides is 1. The maximum atomic E-state index is 11.9. The van der Waals surface area contributed by atoms with Crippen molar-refractivity contribution in [1.82, 2.24) is 14.5 Å². The number of rotatable bonds is 7. The molecular weight excluding hydrogens is 314 g/mol. The van der Waals surface area contributed by atoms with Gasteiger partial charge in [-0.1, -0.05) is 30.3 Å². The first-order valence-corrected chi connectivity index (χ1v) is 9.78. The molecule has 0 saturated carbocycles. The summed E-state index contributed by atoms with van der Waals surface area (Å²) in [6, 6.07) is 10.2. The molecule has 1 aromatic carbocycles. The van der Waals surface area contributed by atoms with Crippen molar-refractivity contribution in [2.24, 2.45) is 0 Å². The quantitative estimate of drug-likeness (QED) is 0.726. The van der Waals surface area contributed by atoms with Gasteiger partial charge in [0.15, 0.2) is 0 Å². The minimum absolute atomic E-state index is 0.00543. The van der Waals surface area contributed by atoms with Gasteiger partial charge in [-0.15, -0.1) is 0 Å². The molecule has 0 spiro atoms. The zero-order valence-electron chi connectivity index (χ0n) is 13.6. The van der Waals surface area contributed by atoms with Crippen LogP contribution in [0.4, 0.5) is 0 Å². The fourth-order valence-electron chi connectivity index (χ4n) is 2.64. The van der Waals surface area contributed by atoms with E-state index in [1.807, 2.05) is 23.1 Å². The number of piperazine rings is 1. The fraction of sp³-hybridized carbons (Fsp3) is 0.562. The Bertz CT molecular complexity index is 596. The van der Waals surface area contributed by atoms with Crippen LogP contribution in [0.3, 0.4) is 0 Å². The number of carbonyl (C=O) groups excluding carboxylic acids is 1. The number of nitrogens with one attached hydrogen (secondary N) is 1. The highest BCUT2D eigenvalue weighted by Crippen LogP contribution is 2.05. The Labute approximate surface area is 138 Å². The lowest BCUT2D eigenvalue weighted by Crippen LogP contribution is -2.50. The third-order valence-electron chi connectivity index (χ3n) is 3.97. The van der Waals surface area contributed by atoms with Crippen molar-refractivity contribution in [1.29, 1.82) is 0 Å². The number of hydrogen-bond donors (Lipinski definition) is 1. The summed E-state index contributed by atoms with van der Waals surface area (Å²) in [5, 5.41) is 2.93. The van der Waals surface area contributed by atoms with E-state index in [1.54, 1.807) is 0 Å². The van der Waals surface area contributed by atoms with Gasteiger partial charge < -0.3 is 5.32 Å². The number of carbonyl (C=O) groups is 1. The second-order valence-corrected chi connectivity index (χ2v) is 7.86. The van der Waals surface area contributed by atoms with Crippen LogP contribution in [0.25, 0.3) is 0 Å². The molecule has 0 aliphatic carbocycles. The van der Waals surface area contributed by atoms with Crippen LogP contribution in [0.2, 0.25) is 0 Å². The van der Waals surface area contributed by atoms with Crippen molar-refractivity contribution in [2.75, 3.05) is 45.5 Å². The van der Waals surface area contributed by atoms with Crippen molar-refractivity contribution in [3.05, 3.63) is 35.9 Å². The molecule has 128 valence electrons. The van der Waals surface area contributed by atoms with Crippen LogP contribution < -0.4 is 5.32 Å². The van der Waals surface area contributed by atoms with Crippen molar-refractivity contribution >= 4 is 15.9 Å². The van der Waals surface area contributed by atoms with Gasteiger partial charge in [-0.05, 0) is 18.4 Å². The Morgan fingerprint density at radius 2 is 1.78 bits per heavy atom. The summed E-state index contributed by atoms with van der Waals surface area (Å²) in [5.74, 6) is 0.00543. The number of hydrogen-bond acceptors (Lipinski definition) is 4. The maximum absolute atomic E-state index is 11.9. The maximum Gasteiger partial charge on any atom is 0.234 e. The molecule has 0 bridgehead atoms. The van der Waals surface area contributed by atoms with Gasteiger partial charge in [0, 0.05) is 32.7 Å². The van der Waals surface area contributed by atoms with Gasteiger partial charge in [0.25, 0.3) is 0 Å². The Balaban J connectivity index is 1.60. The van der Waals surface area contributed by atoms with E-state index >= 15 is 0 Å². The van der Waals surface area contributed by atoms with E-state index in [9.17, 15) is 13.2 Å². The van der Waals surface area contributed by atoms with Crippen LogP contribution in [-0.2, 0) is 21.2 Å². The predicted molar refractivity (Wildman–Crippen MR) is 90.6 cm³/mol. The van der Waals surface area contributed by atoms with Crippen LogP contribution >= 0.6 is 0 Å². The molecule has 0 radical (unpaired) electrons. The van der Waals surface area contributed by atoms with Gasteiger partial charge >= 0.3 is 0 Å². The molecule has 0 aromatic heterocycles. The lowest BCUT2D eigenvalue weighted by Gasteiger charge is -2.32. The lowest BCUT2D eigenvalue weighted by atomic mass is 10.1. The first-order valence-electron chi connectivity index (χ1n) is 7.93. The summed E-state index contributed by atoms with van der Waals surface area (Å²) in [4.78, 5) is 13.9.